The highest BCUT2D eigenvalue weighted by Crippen LogP contribution is 2.41. The van der Waals surface area contributed by atoms with Gasteiger partial charge in [0.25, 0.3) is 0 Å². The molecule has 0 fully saturated rings. The van der Waals surface area contributed by atoms with Gasteiger partial charge in [-0.15, -0.1) is 0 Å². The molecule has 6 heteroatoms. The van der Waals surface area contributed by atoms with E-state index in [2.05, 4.69) is 36.0 Å². The van der Waals surface area contributed by atoms with E-state index in [9.17, 15) is 0 Å². The summed E-state index contributed by atoms with van der Waals surface area (Å²) in [6.07, 6.45) is 4.06. The number of nitrogens with one attached hydrogen (secondary N) is 1. The van der Waals surface area contributed by atoms with Crippen molar-refractivity contribution < 1.29 is 4.74 Å². The Morgan fingerprint density at radius 2 is 1.78 bits per heavy atom. The van der Waals surface area contributed by atoms with Crippen LogP contribution in [0.1, 0.15) is 49.0 Å². The van der Waals surface area contributed by atoms with Crippen molar-refractivity contribution in [3.8, 4) is 11.4 Å². The molecule has 0 spiro atoms. The Labute approximate surface area is 188 Å². The SMILES string of the molecule is COc1ccc(-n2ncc3c2CC(C)(C)CC3NCc2nc3ccccc3nc2C)cc1. The zero-order valence-corrected chi connectivity index (χ0v) is 19.1. The van der Waals surface area contributed by atoms with Gasteiger partial charge < -0.3 is 10.1 Å². The standard InChI is InChI=1S/C26H29N5O/c1-17-24(30-22-8-6-5-7-21(22)29-17)16-27-23-13-26(2,3)14-25-20(23)15-28-31(25)18-9-11-19(32-4)12-10-18/h5-12,15,23,27H,13-14,16H2,1-4H3. The Balaban J connectivity index is 1.43. The fraction of sp³-hybridized carbons (Fsp3) is 0.346. The maximum atomic E-state index is 5.31. The number of nitrogens with zero attached hydrogens (tertiary/aromatic N) is 4. The quantitative estimate of drug-likeness (QED) is 0.489. The summed E-state index contributed by atoms with van der Waals surface area (Å²) < 4.78 is 7.38. The molecule has 6 nitrogen and oxygen atoms in total. The Morgan fingerprint density at radius 1 is 1.06 bits per heavy atom. The molecule has 4 aromatic rings. The van der Waals surface area contributed by atoms with Crippen LogP contribution < -0.4 is 10.1 Å². The molecule has 2 aromatic carbocycles. The van der Waals surface area contributed by atoms with E-state index in [-0.39, 0.29) is 11.5 Å². The molecule has 0 bridgehead atoms. The number of ether oxygens (including phenoxy) is 1. The van der Waals surface area contributed by atoms with Crippen LogP contribution in [0.15, 0.2) is 54.7 Å². The number of methoxy groups -OCH3 is 1. The lowest BCUT2D eigenvalue weighted by atomic mass is 9.74. The largest absolute Gasteiger partial charge is 0.497 e. The highest BCUT2D eigenvalue weighted by atomic mass is 16.5. The first kappa shape index (κ1) is 20.6. The maximum absolute atomic E-state index is 5.31. The van der Waals surface area contributed by atoms with Gasteiger partial charge in [-0.25, -0.2) is 14.6 Å². The van der Waals surface area contributed by atoms with Gasteiger partial charge in [0.15, 0.2) is 0 Å². The minimum atomic E-state index is 0.166. The molecule has 1 unspecified atom stereocenters. The fourth-order valence-electron chi connectivity index (χ4n) is 4.68. The molecular weight excluding hydrogens is 398 g/mol. The number of fused-ring (bicyclic) bond motifs is 2. The van der Waals surface area contributed by atoms with Crippen LogP contribution in [0, 0.1) is 12.3 Å². The fourth-order valence-corrected chi connectivity index (χ4v) is 4.68. The molecule has 5 rings (SSSR count). The molecule has 2 heterocycles. The molecule has 0 aliphatic heterocycles. The second-order valence-corrected chi connectivity index (χ2v) is 9.38. The van der Waals surface area contributed by atoms with Crippen molar-refractivity contribution in [3.63, 3.8) is 0 Å². The molecule has 2 aromatic heterocycles. The van der Waals surface area contributed by atoms with Crippen molar-refractivity contribution in [1.82, 2.24) is 25.1 Å². The first-order valence-corrected chi connectivity index (χ1v) is 11.1. The van der Waals surface area contributed by atoms with Gasteiger partial charge in [-0.05, 0) is 61.6 Å². The van der Waals surface area contributed by atoms with E-state index in [1.165, 1.54) is 11.3 Å². The van der Waals surface area contributed by atoms with Crippen LogP contribution >= 0.6 is 0 Å². The van der Waals surface area contributed by atoms with E-state index in [1.807, 2.05) is 49.5 Å². The third-order valence-electron chi connectivity index (χ3n) is 6.36. The van der Waals surface area contributed by atoms with Gasteiger partial charge in [0, 0.05) is 23.8 Å². The minimum Gasteiger partial charge on any atom is -0.497 e. The molecule has 0 radical (unpaired) electrons. The lowest BCUT2D eigenvalue weighted by molar-refractivity contribution is 0.252. The highest BCUT2D eigenvalue weighted by molar-refractivity contribution is 5.74. The summed E-state index contributed by atoms with van der Waals surface area (Å²) in [7, 11) is 1.69. The second-order valence-electron chi connectivity index (χ2n) is 9.38. The van der Waals surface area contributed by atoms with Crippen LogP contribution in [0.4, 0.5) is 0 Å². The summed E-state index contributed by atoms with van der Waals surface area (Å²) in [6, 6.07) is 16.3. The molecule has 1 aliphatic carbocycles. The van der Waals surface area contributed by atoms with Gasteiger partial charge in [-0.1, -0.05) is 26.0 Å². The van der Waals surface area contributed by atoms with Crippen LogP contribution in [0.3, 0.4) is 0 Å². The Morgan fingerprint density at radius 3 is 2.50 bits per heavy atom. The van der Waals surface area contributed by atoms with Gasteiger partial charge in [0.1, 0.15) is 5.75 Å². The van der Waals surface area contributed by atoms with Crippen molar-refractivity contribution in [1.29, 1.82) is 0 Å². The average molecular weight is 428 g/mol. The monoisotopic (exact) mass is 427 g/mol. The second kappa shape index (κ2) is 8.02. The first-order valence-electron chi connectivity index (χ1n) is 11.1. The molecule has 0 amide bonds. The number of benzene rings is 2. The summed E-state index contributed by atoms with van der Waals surface area (Å²) in [5, 5.41) is 8.52. The number of hydrogen-bond donors (Lipinski definition) is 1. The van der Waals surface area contributed by atoms with E-state index in [4.69, 9.17) is 19.8 Å². The Hall–Kier alpha value is -3.25. The molecular formula is C26H29N5O. The van der Waals surface area contributed by atoms with Crippen LogP contribution in [0.5, 0.6) is 5.75 Å². The average Bonchev–Trinajstić information content (AvgIpc) is 3.20. The lowest BCUT2D eigenvalue weighted by Gasteiger charge is -2.36. The van der Waals surface area contributed by atoms with Crippen molar-refractivity contribution in [2.45, 2.75) is 46.2 Å². The minimum absolute atomic E-state index is 0.166. The number of aryl methyl sites for hydroxylation is 1. The summed E-state index contributed by atoms with van der Waals surface area (Å²) in [5.41, 5.74) is 7.61. The maximum Gasteiger partial charge on any atom is 0.119 e. The molecule has 0 saturated carbocycles. The highest BCUT2D eigenvalue weighted by Gasteiger charge is 2.35. The Bertz CT molecular complexity index is 1260. The van der Waals surface area contributed by atoms with Crippen LogP contribution in [-0.4, -0.2) is 26.9 Å². The van der Waals surface area contributed by atoms with E-state index >= 15 is 0 Å². The topological polar surface area (TPSA) is 64.9 Å². The molecule has 164 valence electrons. The van der Waals surface area contributed by atoms with Gasteiger partial charge in [0.05, 0.1) is 41.4 Å². The summed E-state index contributed by atoms with van der Waals surface area (Å²) in [5.74, 6) is 0.849. The zero-order valence-electron chi connectivity index (χ0n) is 19.1. The summed E-state index contributed by atoms with van der Waals surface area (Å²) in [6.45, 7) is 7.38. The first-order chi connectivity index (χ1) is 15.4. The third kappa shape index (κ3) is 3.86. The van der Waals surface area contributed by atoms with Crippen molar-refractivity contribution in [2.24, 2.45) is 5.41 Å². The Kier molecular flexibility index (Phi) is 5.18. The van der Waals surface area contributed by atoms with Crippen LogP contribution in [0.2, 0.25) is 0 Å². The van der Waals surface area contributed by atoms with Crippen molar-refractivity contribution >= 4 is 11.0 Å². The molecule has 1 N–H and O–H groups in total. The summed E-state index contributed by atoms with van der Waals surface area (Å²) >= 11 is 0. The van der Waals surface area contributed by atoms with E-state index < -0.39 is 0 Å². The number of aromatic nitrogens is 4. The molecule has 1 atom stereocenters. The number of rotatable bonds is 5. The van der Waals surface area contributed by atoms with Gasteiger partial charge in [-0.3, -0.25) is 0 Å². The number of para-hydroxylation sites is 2. The van der Waals surface area contributed by atoms with Crippen LogP contribution in [0.25, 0.3) is 16.7 Å². The molecule has 1 aliphatic rings. The van der Waals surface area contributed by atoms with Crippen molar-refractivity contribution in [3.05, 3.63) is 77.4 Å². The smallest absolute Gasteiger partial charge is 0.119 e. The predicted molar refractivity (Wildman–Crippen MR) is 126 cm³/mol. The summed E-state index contributed by atoms with van der Waals surface area (Å²) in [4.78, 5) is 9.60. The van der Waals surface area contributed by atoms with E-state index in [0.29, 0.717) is 6.54 Å². The van der Waals surface area contributed by atoms with Gasteiger partial charge >= 0.3 is 0 Å². The molecule has 0 saturated heterocycles. The zero-order chi connectivity index (χ0) is 22.3. The van der Waals surface area contributed by atoms with Crippen molar-refractivity contribution in [2.75, 3.05) is 7.11 Å². The van der Waals surface area contributed by atoms with Crippen LogP contribution in [-0.2, 0) is 13.0 Å². The molecule has 32 heavy (non-hydrogen) atoms. The third-order valence-corrected chi connectivity index (χ3v) is 6.36. The van der Waals surface area contributed by atoms with E-state index in [1.54, 1.807) is 7.11 Å². The normalized spacial score (nSPS) is 17.3. The van der Waals surface area contributed by atoms with E-state index in [0.717, 1.165) is 46.7 Å². The lowest BCUT2D eigenvalue weighted by Crippen LogP contribution is -2.34. The van der Waals surface area contributed by atoms with Gasteiger partial charge in [-0.2, -0.15) is 5.10 Å². The predicted octanol–water partition coefficient (Wildman–Crippen LogP) is 4.94. The number of hydrogen-bond acceptors (Lipinski definition) is 5. The van der Waals surface area contributed by atoms with Gasteiger partial charge in [0.2, 0.25) is 0 Å².